The summed E-state index contributed by atoms with van der Waals surface area (Å²) in [7, 11) is 0. The van der Waals surface area contributed by atoms with Crippen LogP contribution >= 0.6 is 11.3 Å². The minimum atomic E-state index is 0.191. The number of guanidine groups is 1. The molecule has 0 bridgehead atoms. The zero-order valence-corrected chi connectivity index (χ0v) is 18.7. The summed E-state index contributed by atoms with van der Waals surface area (Å²) in [5, 5.41) is 8.56. The third-order valence-electron chi connectivity index (χ3n) is 4.66. The van der Waals surface area contributed by atoms with E-state index in [0.29, 0.717) is 39.3 Å². The van der Waals surface area contributed by atoms with Gasteiger partial charge in [-0.15, -0.1) is 11.3 Å². The Morgan fingerprint density at radius 2 is 2.03 bits per heavy atom. The fourth-order valence-corrected chi connectivity index (χ4v) is 3.93. The first-order chi connectivity index (χ1) is 14.2. The van der Waals surface area contributed by atoms with Crippen LogP contribution in [0.3, 0.4) is 0 Å². The Morgan fingerprint density at radius 1 is 1.21 bits per heavy atom. The van der Waals surface area contributed by atoms with E-state index in [4.69, 9.17) is 9.47 Å². The summed E-state index contributed by atoms with van der Waals surface area (Å²) < 4.78 is 11.0. The van der Waals surface area contributed by atoms with Crippen LogP contribution in [0.1, 0.15) is 43.6 Å². The molecule has 0 saturated carbocycles. The van der Waals surface area contributed by atoms with Gasteiger partial charge < -0.3 is 25.0 Å². The number of hydrogen-bond donors (Lipinski definition) is 2. The van der Waals surface area contributed by atoms with Crippen molar-refractivity contribution in [1.29, 1.82) is 0 Å². The van der Waals surface area contributed by atoms with Gasteiger partial charge in [0.15, 0.2) is 5.96 Å². The van der Waals surface area contributed by atoms with E-state index in [1.165, 1.54) is 10.4 Å². The molecule has 164 valence electrons. The lowest BCUT2D eigenvalue weighted by Gasteiger charge is -2.27. The van der Waals surface area contributed by atoms with Crippen molar-refractivity contribution in [3.05, 3.63) is 21.9 Å². The molecule has 7 nitrogen and oxygen atoms in total. The van der Waals surface area contributed by atoms with Crippen molar-refractivity contribution >= 4 is 23.2 Å². The Balaban J connectivity index is 1.59. The Hall–Kier alpha value is -1.64. The van der Waals surface area contributed by atoms with Gasteiger partial charge in [0.25, 0.3) is 0 Å². The maximum absolute atomic E-state index is 12.5. The van der Waals surface area contributed by atoms with Gasteiger partial charge in [-0.25, -0.2) is 0 Å². The molecule has 0 atom stereocenters. The Kier molecular flexibility index (Phi) is 11.7. The van der Waals surface area contributed by atoms with Gasteiger partial charge in [-0.1, -0.05) is 13.3 Å². The molecule has 0 radical (unpaired) electrons. The number of fused-ring (bicyclic) bond motifs is 1. The molecule has 0 saturated heterocycles. The minimum Gasteiger partial charge on any atom is -0.379 e. The molecule has 0 aliphatic carbocycles. The van der Waals surface area contributed by atoms with Gasteiger partial charge >= 0.3 is 0 Å². The number of hydrogen-bond acceptors (Lipinski definition) is 5. The summed E-state index contributed by atoms with van der Waals surface area (Å²) in [6.07, 6.45) is 3.68. The molecule has 0 spiro atoms. The molecule has 0 fully saturated rings. The second-order valence-electron chi connectivity index (χ2n) is 6.95. The first-order valence-corrected chi connectivity index (χ1v) is 11.6. The van der Waals surface area contributed by atoms with E-state index in [2.05, 4.69) is 34.0 Å². The molecule has 1 aromatic rings. The molecule has 8 heteroatoms. The van der Waals surface area contributed by atoms with Crippen LogP contribution in [0.2, 0.25) is 0 Å². The molecule has 1 amide bonds. The van der Waals surface area contributed by atoms with Crippen LogP contribution in [0.15, 0.2) is 16.4 Å². The molecule has 0 aromatic carbocycles. The van der Waals surface area contributed by atoms with Crippen molar-refractivity contribution < 1.29 is 14.3 Å². The summed E-state index contributed by atoms with van der Waals surface area (Å²) in [5.74, 6) is 0.915. The average Bonchev–Trinajstić information content (AvgIpc) is 3.20. The molecular formula is C21H36N4O3S. The number of carbonyl (C=O) groups excluding carboxylic acids is 1. The third-order valence-corrected chi connectivity index (χ3v) is 5.68. The predicted octanol–water partition coefficient (Wildman–Crippen LogP) is 2.41. The lowest BCUT2D eigenvalue weighted by atomic mass is 10.1. The predicted molar refractivity (Wildman–Crippen MR) is 119 cm³/mol. The first-order valence-electron chi connectivity index (χ1n) is 10.7. The summed E-state index contributed by atoms with van der Waals surface area (Å²) in [4.78, 5) is 20.4. The topological polar surface area (TPSA) is 75.2 Å². The summed E-state index contributed by atoms with van der Waals surface area (Å²) in [6, 6.07) is 2.13. The van der Waals surface area contributed by atoms with Crippen molar-refractivity contribution in [1.82, 2.24) is 15.5 Å². The van der Waals surface area contributed by atoms with Gasteiger partial charge in [0, 0.05) is 44.1 Å². The van der Waals surface area contributed by atoms with E-state index in [9.17, 15) is 4.79 Å². The zero-order valence-electron chi connectivity index (χ0n) is 17.9. The van der Waals surface area contributed by atoms with E-state index < -0.39 is 0 Å². The highest BCUT2D eigenvalue weighted by molar-refractivity contribution is 7.10. The van der Waals surface area contributed by atoms with Gasteiger partial charge in [-0.05, 0) is 36.8 Å². The molecule has 1 aliphatic heterocycles. The number of nitrogens with zero attached hydrogens (tertiary/aromatic N) is 2. The van der Waals surface area contributed by atoms with Gasteiger partial charge in [-0.3, -0.25) is 9.79 Å². The zero-order chi connectivity index (χ0) is 20.7. The highest BCUT2D eigenvalue weighted by Crippen LogP contribution is 2.24. The largest absolute Gasteiger partial charge is 0.379 e. The van der Waals surface area contributed by atoms with Crippen LogP contribution in [-0.2, 0) is 27.2 Å². The van der Waals surface area contributed by atoms with Crippen LogP contribution in [-0.4, -0.2) is 69.4 Å². The van der Waals surface area contributed by atoms with E-state index >= 15 is 0 Å². The number of nitrogens with one attached hydrogen (secondary N) is 2. The second kappa shape index (κ2) is 14.4. The van der Waals surface area contributed by atoms with Crippen LogP contribution in [0.4, 0.5) is 0 Å². The third kappa shape index (κ3) is 9.14. The molecule has 2 N–H and O–H groups in total. The smallest absolute Gasteiger partial charge is 0.224 e. The summed E-state index contributed by atoms with van der Waals surface area (Å²) >= 11 is 1.79. The molecule has 1 aromatic heterocycles. The number of amides is 1. The molecule has 0 unspecified atom stereocenters. The monoisotopic (exact) mass is 424 g/mol. The normalized spacial score (nSPS) is 14.0. The van der Waals surface area contributed by atoms with Crippen LogP contribution < -0.4 is 10.6 Å². The Bertz CT molecular complexity index is 621. The van der Waals surface area contributed by atoms with E-state index in [1.807, 2.05) is 11.8 Å². The maximum Gasteiger partial charge on any atom is 0.224 e. The number of thiophene rings is 1. The fraction of sp³-hybridized carbons (Fsp3) is 0.714. The molecule has 29 heavy (non-hydrogen) atoms. The number of rotatable bonds is 13. The van der Waals surface area contributed by atoms with Crippen molar-refractivity contribution in [2.75, 3.05) is 52.6 Å². The van der Waals surface area contributed by atoms with Gasteiger partial charge in [0.1, 0.15) is 0 Å². The molecule has 1 aliphatic rings. The van der Waals surface area contributed by atoms with Crippen LogP contribution in [0.5, 0.6) is 0 Å². The fourth-order valence-electron chi connectivity index (χ4n) is 3.04. The summed E-state index contributed by atoms with van der Waals surface area (Å²) in [5.41, 5.74) is 1.30. The number of ether oxygens (including phenoxy) is 2. The summed E-state index contributed by atoms with van der Waals surface area (Å²) in [6.45, 7) is 10.3. The second-order valence-corrected chi connectivity index (χ2v) is 7.95. The SMILES string of the molecule is CCCCOCCOCCN=C(NCC)NCCC(=O)N1CCc2sccc2C1. The Morgan fingerprint density at radius 3 is 2.83 bits per heavy atom. The first kappa shape index (κ1) is 23.6. The minimum absolute atomic E-state index is 0.191. The van der Waals surface area contributed by atoms with Crippen molar-refractivity contribution in [2.45, 2.75) is 46.1 Å². The number of aliphatic imine (C=N–C) groups is 1. The van der Waals surface area contributed by atoms with Gasteiger partial charge in [0.2, 0.25) is 5.91 Å². The average molecular weight is 425 g/mol. The maximum atomic E-state index is 12.5. The number of carbonyl (C=O) groups is 1. The van der Waals surface area contributed by atoms with Crippen molar-refractivity contribution in [3.8, 4) is 0 Å². The van der Waals surface area contributed by atoms with E-state index in [1.54, 1.807) is 11.3 Å². The van der Waals surface area contributed by atoms with Crippen molar-refractivity contribution in [2.24, 2.45) is 4.99 Å². The van der Waals surface area contributed by atoms with E-state index in [-0.39, 0.29) is 5.91 Å². The standard InChI is InChI=1S/C21H36N4O3S/c1-3-5-12-27-14-15-28-13-10-24-21(22-4-2)23-9-6-20(26)25-11-7-19-18(17-25)8-16-29-19/h8,16H,3-7,9-15,17H2,1-2H3,(H2,22,23,24). The van der Waals surface area contributed by atoms with Crippen LogP contribution in [0.25, 0.3) is 0 Å². The van der Waals surface area contributed by atoms with Crippen molar-refractivity contribution in [3.63, 3.8) is 0 Å². The quantitative estimate of drug-likeness (QED) is 0.289. The molecule has 2 heterocycles. The molecular weight excluding hydrogens is 388 g/mol. The van der Waals surface area contributed by atoms with Crippen LogP contribution in [0, 0.1) is 0 Å². The molecule has 2 rings (SSSR count). The van der Waals surface area contributed by atoms with Gasteiger partial charge in [-0.2, -0.15) is 0 Å². The van der Waals surface area contributed by atoms with Gasteiger partial charge in [0.05, 0.1) is 26.4 Å². The van der Waals surface area contributed by atoms with E-state index in [0.717, 1.165) is 51.5 Å². The highest BCUT2D eigenvalue weighted by Gasteiger charge is 2.20. The lowest BCUT2D eigenvalue weighted by Crippen LogP contribution is -2.41. The Labute approximate surface area is 178 Å². The number of unbranched alkanes of at least 4 members (excludes halogenated alkanes) is 1. The highest BCUT2D eigenvalue weighted by atomic mass is 32.1. The lowest BCUT2D eigenvalue weighted by molar-refractivity contribution is -0.131.